The van der Waals surface area contributed by atoms with Crippen LogP contribution in [0.3, 0.4) is 0 Å². The summed E-state index contributed by atoms with van der Waals surface area (Å²) in [6, 6.07) is 8.27. The van der Waals surface area contributed by atoms with Crippen LogP contribution in [0.1, 0.15) is 50.9 Å². The van der Waals surface area contributed by atoms with E-state index in [2.05, 4.69) is 0 Å². The lowest BCUT2D eigenvalue weighted by atomic mass is 9.45. The number of rotatable bonds is 3. The van der Waals surface area contributed by atoms with Gasteiger partial charge in [0.1, 0.15) is 33.9 Å². The maximum atomic E-state index is 14.3. The molecule has 2 bridgehead atoms. The van der Waals surface area contributed by atoms with E-state index in [1.165, 1.54) is 0 Å². The maximum absolute atomic E-state index is 14.3. The Kier molecular flexibility index (Phi) is 6.16. The molecule has 9 nitrogen and oxygen atoms in total. The lowest BCUT2D eigenvalue weighted by Crippen LogP contribution is -2.81. The molecule has 4 N–H and O–H groups in total. The van der Waals surface area contributed by atoms with Crippen molar-refractivity contribution in [2.45, 2.75) is 82.3 Å². The van der Waals surface area contributed by atoms with Crippen molar-refractivity contribution in [3.63, 3.8) is 0 Å². The van der Waals surface area contributed by atoms with Gasteiger partial charge in [0.25, 0.3) is 0 Å². The van der Waals surface area contributed by atoms with Crippen molar-refractivity contribution >= 4 is 22.2 Å². The zero-order valence-electron chi connectivity index (χ0n) is 21.8. The number of hydrogen-bond donors (Lipinski definition) is 4. The highest BCUT2D eigenvalue weighted by Gasteiger charge is 2.76. The first-order chi connectivity index (χ1) is 17.2. The predicted molar refractivity (Wildman–Crippen MR) is 134 cm³/mol. The largest absolute Gasteiger partial charge is 0.455 e. The number of fused-ring (bicyclic) bond motifs is 5. The summed E-state index contributed by atoms with van der Waals surface area (Å²) in [5.74, 6) is -2.52. The highest BCUT2D eigenvalue weighted by atomic mass is 28.2. The molecule has 0 spiro atoms. The third-order valence-electron chi connectivity index (χ3n) is 9.89. The number of aliphatic hydroxyl groups is 4. The number of esters is 1. The summed E-state index contributed by atoms with van der Waals surface area (Å²) in [6.07, 6.45) is -5.75. The molecular formula is C27H36O9Si. The van der Waals surface area contributed by atoms with E-state index in [1.54, 1.807) is 58.0 Å². The quantitative estimate of drug-likeness (QED) is 0.237. The Morgan fingerprint density at radius 2 is 1.78 bits per heavy atom. The van der Waals surface area contributed by atoms with Gasteiger partial charge < -0.3 is 34.3 Å². The van der Waals surface area contributed by atoms with Gasteiger partial charge in [-0.15, -0.1) is 0 Å². The molecule has 4 aliphatic rings. The van der Waals surface area contributed by atoms with Crippen LogP contribution in [0.25, 0.3) is 0 Å². The van der Waals surface area contributed by atoms with E-state index < -0.39 is 70.2 Å². The molecule has 1 heterocycles. The molecule has 3 aliphatic carbocycles. The van der Waals surface area contributed by atoms with Gasteiger partial charge >= 0.3 is 5.97 Å². The van der Waals surface area contributed by atoms with Gasteiger partial charge in [0.15, 0.2) is 5.78 Å². The number of carbonyl (C=O) groups is 2. The highest BCUT2D eigenvalue weighted by molar-refractivity contribution is 5.99. The lowest BCUT2D eigenvalue weighted by molar-refractivity contribution is -0.341. The number of carbonyl (C=O) groups excluding carboxylic acids is 2. The lowest BCUT2D eigenvalue weighted by Gasteiger charge is -2.67. The second kappa shape index (κ2) is 8.54. The normalized spacial score (nSPS) is 44.7. The summed E-state index contributed by atoms with van der Waals surface area (Å²) in [6.45, 7) is 6.46. The van der Waals surface area contributed by atoms with Gasteiger partial charge in [-0.25, -0.2) is 4.79 Å². The fourth-order valence-electron chi connectivity index (χ4n) is 7.58. The third-order valence-corrected chi connectivity index (χ3v) is 10.5. The first-order valence-electron chi connectivity index (χ1n) is 12.7. The van der Waals surface area contributed by atoms with E-state index in [0.717, 1.165) is 0 Å². The average Bonchev–Trinajstić information content (AvgIpc) is 2.85. The molecule has 0 aromatic heterocycles. The molecule has 5 rings (SSSR count). The van der Waals surface area contributed by atoms with Gasteiger partial charge in [-0.3, -0.25) is 4.79 Å². The van der Waals surface area contributed by atoms with Crippen molar-refractivity contribution in [2.75, 3.05) is 6.61 Å². The van der Waals surface area contributed by atoms with Crippen molar-refractivity contribution < 1.29 is 43.9 Å². The zero-order chi connectivity index (χ0) is 27.1. The van der Waals surface area contributed by atoms with Gasteiger partial charge in [0.2, 0.25) is 0 Å². The minimum Gasteiger partial charge on any atom is -0.455 e. The minimum atomic E-state index is -1.96. The van der Waals surface area contributed by atoms with E-state index in [9.17, 15) is 30.0 Å². The molecule has 0 radical (unpaired) electrons. The van der Waals surface area contributed by atoms with Gasteiger partial charge in [-0.1, -0.05) is 32.0 Å². The molecule has 10 heteroatoms. The molecule has 1 aromatic rings. The number of ketones is 1. The molecule has 202 valence electrons. The summed E-state index contributed by atoms with van der Waals surface area (Å²) >= 11 is 0. The van der Waals surface area contributed by atoms with Crippen molar-refractivity contribution in [3.05, 3.63) is 47.0 Å². The summed E-state index contributed by atoms with van der Waals surface area (Å²) in [4.78, 5) is 27.8. The van der Waals surface area contributed by atoms with Crippen LogP contribution >= 0.6 is 0 Å². The Labute approximate surface area is 219 Å². The summed E-state index contributed by atoms with van der Waals surface area (Å²) in [5.41, 5.74) is -5.59. The average molecular weight is 533 g/mol. The van der Waals surface area contributed by atoms with E-state index in [0.29, 0.717) is 5.57 Å². The Hall–Kier alpha value is -1.92. The van der Waals surface area contributed by atoms with Crippen molar-refractivity contribution in [2.24, 2.45) is 16.7 Å². The molecule has 1 aromatic carbocycles. The number of benzene rings is 1. The number of ether oxygens (including phenoxy) is 2. The molecule has 37 heavy (non-hydrogen) atoms. The molecule has 1 saturated heterocycles. The Balaban J connectivity index is 1.79. The first-order valence-corrected chi connectivity index (χ1v) is 13.5. The zero-order valence-corrected chi connectivity index (χ0v) is 23.8. The monoisotopic (exact) mass is 532 g/mol. The second-order valence-electron chi connectivity index (χ2n) is 11.8. The standard InChI is InChI=1S/C27H36O9Si/c1-13-15(28)11-27(33)22(35-23(31)14-8-6-5-7-9-14)20-25(4,21(30)19(29)18(13)24(27,2)3)16(36-37)10-17-26(20,32)12-34-17/h5-9,15-17,19-20,22,28-29,32-33H,10-12H2,1-4,37H3/t15-,16-,17+,19+,20-,22-,25+,26-,27+/m0/s1. The van der Waals surface area contributed by atoms with Gasteiger partial charge in [0.05, 0.1) is 35.9 Å². The summed E-state index contributed by atoms with van der Waals surface area (Å²) in [5, 5.41) is 47.2. The summed E-state index contributed by atoms with van der Waals surface area (Å²) < 4.78 is 17.7. The van der Waals surface area contributed by atoms with Crippen LogP contribution in [0.2, 0.25) is 0 Å². The van der Waals surface area contributed by atoms with Crippen LogP contribution in [0.4, 0.5) is 0 Å². The number of Topliss-reactive ketones (excluding diaryl/α,β-unsaturated/α-hetero) is 1. The molecule has 0 unspecified atom stereocenters. The van der Waals surface area contributed by atoms with Gasteiger partial charge in [0, 0.05) is 24.2 Å². The minimum absolute atomic E-state index is 0.130. The second-order valence-corrected chi connectivity index (χ2v) is 12.3. The smallest absolute Gasteiger partial charge is 0.338 e. The van der Waals surface area contributed by atoms with E-state index in [4.69, 9.17) is 13.9 Å². The Bertz CT molecular complexity index is 1150. The molecule has 1 aliphatic heterocycles. The molecule has 2 saturated carbocycles. The Morgan fingerprint density at radius 1 is 1.14 bits per heavy atom. The van der Waals surface area contributed by atoms with Crippen molar-refractivity contribution in [3.8, 4) is 0 Å². The Morgan fingerprint density at radius 3 is 2.35 bits per heavy atom. The number of hydrogen-bond acceptors (Lipinski definition) is 9. The molecule has 0 amide bonds. The van der Waals surface area contributed by atoms with E-state index >= 15 is 0 Å². The number of aliphatic hydroxyl groups excluding tert-OH is 2. The van der Waals surface area contributed by atoms with Gasteiger partial charge in [-0.05, 0) is 37.1 Å². The van der Waals surface area contributed by atoms with Crippen LogP contribution in [-0.2, 0) is 18.7 Å². The van der Waals surface area contributed by atoms with Crippen LogP contribution in [0.15, 0.2) is 41.5 Å². The van der Waals surface area contributed by atoms with E-state index in [1.807, 2.05) is 0 Å². The topological polar surface area (TPSA) is 143 Å². The van der Waals surface area contributed by atoms with Crippen LogP contribution in [0.5, 0.6) is 0 Å². The summed E-state index contributed by atoms with van der Waals surface area (Å²) in [7, 11) is 0.264. The SMILES string of the molecule is CC1=C2[C@@H](O)C(=O)[C@]3(C)[C@@H](O[SiH3])C[C@H]4OC[C@@]4(O)[C@H]3[C@H](OC(=O)c3ccccc3)[C@](O)(C[C@@H]1O)C2(C)C. The van der Waals surface area contributed by atoms with Crippen molar-refractivity contribution in [1.82, 2.24) is 0 Å². The molecular weight excluding hydrogens is 496 g/mol. The van der Waals surface area contributed by atoms with Crippen LogP contribution in [0, 0.1) is 16.7 Å². The third kappa shape index (κ3) is 3.37. The highest BCUT2D eigenvalue weighted by Crippen LogP contribution is 2.63. The molecule has 3 fully saturated rings. The van der Waals surface area contributed by atoms with Crippen LogP contribution < -0.4 is 0 Å². The van der Waals surface area contributed by atoms with Crippen molar-refractivity contribution in [1.29, 1.82) is 0 Å². The fourth-order valence-corrected chi connectivity index (χ4v) is 8.27. The fraction of sp³-hybridized carbons (Fsp3) is 0.630. The van der Waals surface area contributed by atoms with E-state index in [-0.39, 0.29) is 41.1 Å². The van der Waals surface area contributed by atoms with Gasteiger partial charge in [-0.2, -0.15) is 0 Å². The van der Waals surface area contributed by atoms with Crippen LogP contribution in [-0.4, -0.2) is 91.0 Å². The maximum Gasteiger partial charge on any atom is 0.338 e. The predicted octanol–water partition coefficient (Wildman–Crippen LogP) is -0.184. The molecule has 9 atom stereocenters. The first kappa shape index (κ1) is 26.7.